The number of carbonyl (C=O) groups is 1. The van der Waals surface area contributed by atoms with Crippen LogP contribution in [0.25, 0.3) is 22.5 Å². The second kappa shape index (κ2) is 8.82. The molecule has 0 unspecified atom stereocenters. The smallest absolute Gasteiger partial charge is 0.217 e. The first-order chi connectivity index (χ1) is 15.4. The summed E-state index contributed by atoms with van der Waals surface area (Å²) >= 11 is 0. The van der Waals surface area contributed by atoms with Gasteiger partial charge in [0.05, 0.1) is 6.54 Å². The molecule has 2 heterocycles. The van der Waals surface area contributed by atoms with Gasteiger partial charge in [-0.25, -0.2) is 14.8 Å². The number of H-pyrrole nitrogens is 1. The van der Waals surface area contributed by atoms with Gasteiger partial charge in [-0.05, 0) is 33.5 Å². The first-order valence-electron chi connectivity index (χ1n) is 10.8. The molecule has 0 aliphatic rings. The standard InChI is InChI=1S/C24H27N7O/c1-5-8-20(32)22-25-23(24(2,3)4)31(28-22)15-16-11-13-17(14-12-16)18-9-6-7-10-19(18)21-26-29-30-27-21/h6-7,9-14H,5,8,15H2,1-4H3,(H,26,27,29,30). The largest absolute Gasteiger partial charge is 0.291 e. The minimum Gasteiger partial charge on any atom is -0.291 e. The number of nitrogens with zero attached hydrogens (tertiary/aromatic N) is 6. The molecule has 0 fully saturated rings. The maximum absolute atomic E-state index is 12.4. The maximum Gasteiger partial charge on any atom is 0.217 e. The van der Waals surface area contributed by atoms with E-state index < -0.39 is 0 Å². The minimum atomic E-state index is -0.220. The normalized spacial score (nSPS) is 11.6. The van der Waals surface area contributed by atoms with E-state index in [1.807, 2.05) is 35.9 Å². The number of ketones is 1. The van der Waals surface area contributed by atoms with Crippen LogP contribution >= 0.6 is 0 Å². The van der Waals surface area contributed by atoms with E-state index in [1.165, 1.54) is 0 Å². The summed E-state index contributed by atoms with van der Waals surface area (Å²) < 4.78 is 1.85. The Hall–Kier alpha value is -3.68. The van der Waals surface area contributed by atoms with Gasteiger partial charge in [0.1, 0.15) is 5.82 Å². The van der Waals surface area contributed by atoms with Crippen LogP contribution in [0.1, 0.15) is 62.5 Å². The third kappa shape index (κ3) is 4.49. The summed E-state index contributed by atoms with van der Waals surface area (Å²) in [6.07, 6.45) is 1.24. The number of rotatable bonds is 7. The monoisotopic (exact) mass is 429 g/mol. The molecule has 2 aromatic carbocycles. The predicted molar refractivity (Wildman–Crippen MR) is 122 cm³/mol. The molecule has 0 amide bonds. The van der Waals surface area contributed by atoms with E-state index in [0.717, 1.165) is 34.5 Å². The molecule has 0 spiro atoms. The Labute approximate surface area is 187 Å². The first-order valence-corrected chi connectivity index (χ1v) is 10.8. The Morgan fingerprint density at radius 2 is 1.75 bits per heavy atom. The molecule has 0 radical (unpaired) electrons. The molecule has 0 aliphatic carbocycles. The number of nitrogens with one attached hydrogen (secondary N) is 1. The second-order valence-electron chi connectivity index (χ2n) is 8.83. The van der Waals surface area contributed by atoms with Crippen LogP contribution < -0.4 is 0 Å². The predicted octanol–water partition coefficient (Wildman–Crippen LogP) is 4.45. The quantitative estimate of drug-likeness (QED) is 0.435. The van der Waals surface area contributed by atoms with Crippen molar-refractivity contribution < 1.29 is 4.79 Å². The van der Waals surface area contributed by atoms with Crippen LogP contribution in [-0.4, -0.2) is 41.2 Å². The molecule has 8 nitrogen and oxygen atoms in total. The van der Waals surface area contributed by atoms with E-state index >= 15 is 0 Å². The number of carbonyl (C=O) groups excluding carboxylic acids is 1. The SMILES string of the molecule is CCCC(=O)c1nc(C(C)(C)C)n(Cc2ccc(-c3ccccc3-c3nnn[nH]3)cc2)n1. The molecule has 0 saturated heterocycles. The summed E-state index contributed by atoms with van der Waals surface area (Å²) in [5.74, 6) is 1.74. The van der Waals surface area contributed by atoms with Crippen LogP contribution in [-0.2, 0) is 12.0 Å². The van der Waals surface area contributed by atoms with E-state index in [4.69, 9.17) is 0 Å². The third-order valence-electron chi connectivity index (χ3n) is 5.19. The van der Waals surface area contributed by atoms with Gasteiger partial charge in [-0.2, -0.15) is 0 Å². The average Bonchev–Trinajstić information content (AvgIpc) is 3.45. The van der Waals surface area contributed by atoms with Crippen molar-refractivity contribution in [2.24, 2.45) is 0 Å². The van der Waals surface area contributed by atoms with Crippen LogP contribution in [0.4, 0.5) is 0 Å². The highest BCUT2D eigenvalue weighted by atomic mass is 16.1. The highest BCUT2D eigenvalue weighted by Gasteiger charge is 2.25. The molecule has 4 rings (SSSR count). The summed E-state index contributed by atoms with van der Waals surface area (Å²) in [4.78, 5) is 16.9. The number of Topliss-reactive ketones (excluding diaryl/α,β-unsaturated/α-hetero) is 1. The molecule has 2 aromatic heterocycles. The number of aromatic amines is 1. The Bertz CT molecular complexity index is 1200. The van der Waals surface area contributed by atoms with Gasteiger partial charge in [0.15, 0.2) is 5.82 Å². The summed E-state index contributed by atoms with van der Waals surface area (Å²) in [5.41, 5.74) is 3.91. The van der Waals surface area contributed by atoms with Gasteiger partial charge in [-0.3, -0.25) is 4.79 Å². The third-order valence-corrected chi connectivity index (χ3v) is 5.19. The Morgan fingerprint density at radius 1 is 1.03 bits per heavy atom. The molecular formula is C24H27N7O. The fourth-order valence-corrected chi connectivity index (χ4v) is 3.64. The average molecular weight is 430 g/mol. The highest BCUT2D eigenvalue weighted by Crippen LogP contribution is 2.30. The van der Waals surface area contributed by atoms with Gasteiger partial charge in [0.25, 0.3) is 0 Å². The lowest BCUT2D eigenvalue weighted by molar-refractivity contribution is 0.0971. The van der Waals surface area contributed by atoms with Crippen LogP contribution in [0.2, 0.25) is 0 Å². The van der Waals surface area contributed by atoms with Crippen molar-refractivity contribution in [2.45, 2.75) is 52.5 Å². The number of hydrogen-bond acceptors (Lipinski definition) is 6. The molecular weight excluding hydrogens is 402 g/mol. The molecule has 0 bridgehead atoms. The summed E-state index contributed by atoms with van der Waals surface area (Å²) in [6.45, 7) is 8.78. The van der Waals surface area contributed by atoms with Crippen molar-refractivity contribution in [3.63, 3.8) is 0 Å². The van der Waals surface area contributed by atoms with Gasteiger partial charge in [0.2, 0.25) is 11.6 Å². The Balaban J connectivity index is 1.63. The molecule has 164 valence electrons. The zero-order valence-corrected chi connectivity index (χ0v) is 18.8. The van der Waals surface area contributed by atoms with Crippen molar-refractivity contribution in [1.82, 2.24) is 35.4 Å². The number of benzene rings is 2. The lowest BCUT2D eigenvalue weighted by atomic mass is 9.95. The lowest BCUT2D eigenvalue weighted by Gasteiger charge is -2.18. The van der Waals surface area contributed by atoms with Gasteiger partial charge in [-0.1, -0.05) is 76.2 Å². The van der Waals surface area contributed by atoms with Gasteiger partial charge in [-0.15, -0.1) is 10.2 Å². The van der Waals surface area contributed by atoms with E-state index in [2.05, 4.69) is 75.7 Å². The van der Waals surface area contributed by atoms with E-state index in [0.29, 0.717) is 24.6 Å². The van der Waals surface area contributed by atoms with Crippen molar-refractivity contribution in [3.05, 3.63) is 65.7 Å². The van der Waals surface area contributed by atoms with Gasteiger partial charge in [0, 0.05) is 17.4 Å². The fraction of sp³-hybridized carbons (Fsp3) is 0.333. The van der Waals surface area contributed by atoms with E-state index in [1.54, 1.807) is 0 Å². The van der Waals surface area contributed by atoms with Crippen molar-refractivity contribution in [1.29, 1.82) is 0 Å². The molecule has 0 saturated carbocycles. The van der Waals surface area contributed by atoms with Gasteiger partial charge < -0.3 is 0 Å². The molecule has 8 heteroatoms. The van der Waals surface area contributed by atoms with Crippen LogP contribution in [0.5, 0.6) is 0 Å². The zero-order chi connectivity index (χ0) is 22.7. The number of hydrogen-bond donors (Lipinski definition) is 1. The van der Waals surface area contributed by atoms with Crippen LogP contribution in [0.3, 0.4) is 0 Å². The first kappa shape index (κ1) is 21.5. The lowest BCUT2D eigenvalue weighted by Crippen LogP contribution is -2.20. The molecule has 1 N–H and O–H groups in total. The Morgan fingerprint density at radius 3 is 2.38 bits per heavy atom. The van der Waals surface area contributed by atoms with Crippen molar-refractivity contribution in [2.75, 3.05) is 0 Å². The maximum atomic E-state index is 12.4. The van der Waals surface area contributed by atoms with Crippen molar-refractivity contribution in [3.8, 4) is 22.5 Å². The fourth-order valence-electron chi connectivity index (χ4n) is 3.64. The topological polar surface area (TPSA) is 102 Å². The highest BCUT2D eigenvalue weighted by molar-refractivity contribution is 5.92. The second-order valence-corrected chi connectivity index (χ2v) is 8.83. The Kier molecular flexibility index (Phi) is 5.94. The number of aromatic nitrogens is 7. The van der Waals surface area contributed by atoms with Gasteiger partial charge >= 0.3 is 0 Å². The minimum absolute atomic E-state index is 0.00869. The molecule has 32 heavy (non-hydrogen) atoms. The molecule has 0 atom stereocenters. The van der Waals surface area contributed by atoms with Crippen LogP contribution in [0, 0.1) is 0 Å². The van der Waals surface area contributed by atoms with Crippen LogP contribution in [0.15, 0.2) is 48.5 Å². The molecule has 4 aromatic rings. The number of tetrazole rings is 1. The summed E-state index contributed by atoms with van der Waals surface area (Å²) in [5, 5.41) is 18.8. The van der Waals surface area contributed by atoms with Crippen molar-refractivity contribution >= 4 is 5.78 Å². The summed E-state index contributed by atoms with van der Waals surface area (Å²) in [7, 11) is 0. The molecule has 0 aliphatic heterocycles. The van der Waals surface area contributed by atoms with E-state index in [9.17, 15) is 4.79 Å². The van der Waals surface area contributed by atoms with E-state index in [-0.39, 0.29) is 11.2 Å². The summed E-state index contributed by atoms with van der Waals surface area (Å²) in [6, 6.07) is 16.3. The zero-order valence-electron chi connectivity index (χ0n) is 18.8.